The third-order valence-corrected chi connectivity index (χ3v) is 5.81. The number of aromatic amines is 1. The molecule has 0 amide bonds. The van der Waals surface area contributed by atoms with Gasteiger partial charge in [0.25, 0.3) is 5.56 Å². The highest BCUT2D eigenvalue weighted by molar-refractivity contribution is 6.37. The van der Waals surface area contributed by atoms with E-state index in [1.807, 2.05) is 38.4 Å². The van der Waals surface area contributed by atoms with Crippen LogP contribution in [0.2, 0.25) is 10.0 Å². The van der Waals surface area contributed by atoms with E-state index in [4.69, 9.17) is 32.9 Å². The van der Waals surface area contributed by atoms with Crippen LogP contribution < -0.4 is 15.2 Å². The molecule has 0 radical (unpaired) electrons. The third-order valence-electron chi connectivity index (χ3n) is 5.20. The van der Waals surface area contributed by atoms with Gasteiger partial charge < -0.3 is 14.6 Å². The molecule has 0 atom stereocenters. The standard InChI is InChI=1S/C24H25Cl2N5O2/c1-4-5-13-33-16-11-9-15(10-12-16)14-19-27-22-20(24(32)28-19)23(30(2)3)29-31(22)21-17(25)7-6-8-18(21)26/h6-12H,4-5,13-14H2,1-3H3,(H,27,28,32). The highest BCUT2D eigenvalue weighted by Crippen LogP contribution is 2.32. The summed E-state index contributed by atoms with van der Waals surface area (Å²) >= 11 is 12.9. The van der Waals surface area contributed by atoms with Gasteiger partial charge in [-0.2, -0.15) is 0 Å². The Bertz CT molecular complexity index is 1310. The lowest BCUT2D eigenvalue weighted by Gasteiger charge is -2.09. The molecule has 0 unspecified atom stereocenters. The second kappa shape index (κ2) is 9.85. The van der Waals surface area contributed by atoms with E-state index < -0.39 is 0 Å². The summed E-state index contributed by atoms with van der Waals surface area (Å²) in [6, 6.07) is 13.0. The monoisotopic (exact) mass is 485 g/mol. The molecule has 7 nitrogen and oxygen atoms in total. The smallest absolute Gasteiger partial charge is 0.264 e. The van der Waals surface area contributed by atoms with E-state index in [2.05, 4.69) is 17.0 Å². The number of fused-ring (bicyclic) bond motifs is 1. The average molecular weight is 486 g/mol. The van der Waals surface area contributed by atoms with Crippen LogP contribution in [0, 0.1) is 0 Å². The predicted octanol–water partition coefficient (Wildman–Crippen LogP) is 5.25. The van der Waals surface area contributed by atoms with Crippen LogP contribution in [0.3, 0.4) is 0 Å². The Morgan fingerprint density at radius 2 is 1.79 bits per heavy atom. The van der Waals surface area contributed by atoms with Gasteiger partial charge in [0.1, 0.15) is 22.6 Å². The van der Waals surface area contributed by atoms with Crippen molar-refractivity contribution in [2.75, 3.05) is 25.6 Å². The van der Waals surface area contributed by atoms with Crippen molar-refractivity contribution in [1.82, 2.24) is 19.7 Å². The molecule has 4 rings (SSSR count). The number of para-hydroxylation sites is 1. The summed E-state index contributed by atoms with van der Waals surface area (Å²) in [6.07, 6.45) is 2.55. The number of H-pyrrole nitrogens is 1. The molecule has 0 spiro atoms. The topological polar surface area (TPSA) is 76.0 Å². The van der Waals surface area contributed by atoms with Gasteiger partial charge in [0.2, 0.25) is 0 Å². The van der Waals surface area contributed by atoms with Crippen molar-refractivity contribution in [3.63, 3.8) is 0 Å². The van der Waals surface area contributed by atoms with Crippen LogP contribution in [0.15, 0.2) is 47.3 Å². The molecule has 9 heteroatoms. The fourth-order valence-corrected chi connectivity index (χ4v) is 4.09. The summed E-state index contributed by atoms with van der Waals surface area (Å²) in [5.41, 5.74) is 1.60. The summed E-state index contributed by atoms with van der Waals surface area (Å²) in [5, 5.41) is 5.82. The molecule has 0 fully saturated rings. The number of hydrogen-bond donors (Lipinski definition) is 1. The van der Waals surface area contributed by atoms with Gasteiger partial charge in [0.05, 0.1) is 16.7 Å². The van der Waals surface area contributed by atoms with Gasteiger partial charge in [-0.25, -0.2) is 9.67 Å². The SMILES string of the molecule is CCCCOc1ccc(Cc2nc3c(c(N(C)C)nn3-c3c(Cl)cccc3Cl)c(=O)[nH]2)cc1. The molecule has 172 valence electrons. The lowest BCUT2D eigenvalue weighted by molar-refractivity contribution is 0.309. The highest BCUT2D eigenvalue weighted by Gasteiger charge is 2.22. The molecule has 0 aliphatic carbocycles. The van der Waals surface area contributed by atoms with Crippen LogP contribution in [-0.2, 0) is 6.42 Å². The number of nitrogens with one attached hydrogen (secondary N) is 1. The second-order valence-electron chi connectivity index (χ2n) is 7.93. The van der Waals surface area contributed by atoms with Crippen molar-refractivity contribution in [3.8, 4) is 11.4 Å². The lowest BCUT2D eigenvalue weighted by atomic mass is 10.1. The molecule has 2 aromatic heterocycles. The van der Waals surface area contributed by atoms with Gasteiger partial charge in [0.15, 0.2) is 11.5 Å². The van der Waals surface area contributed by atoms with Crippen LogP contribution in [0.5, 0.6) is 5.75 Å². The summed E-state index contributed by atoms with van der Waals surface area (Å²) in [7, 11) is 3.63. The van der Waals surface area contributed by atoms with Gasteiger partial charge in [-0.15, -0.1) is 5.10 Å². The second-order valence-corrected chi connectivity index (χ2v) is 8.75. The number of rotatable bonds is 8. The van der Waals surface area contributed by atoms with Gasteiger partial charge >= 0.3 is 0 Å². The van der Waals surface area contributed by atoms with E-state index in [-0.39, 0.29) is 5.56 Å². The van der Waals surface area contributed by atoms with Crippen LogP contribution in [0.1, 0.15) is 31.2 Å². The molecule has 1 N–H and O–H groups in total. The zero-order valence-electron chi connectivity index (χ0n) is 18.7. The van der Waals surface area contributed by atoms with Crippen molar-refractivity contribution in [2.45, 2.75) is 26.2 Å². The number of anilines is 1. The van der Waals surface area contributed by atoms with E-state index in [0.717, 1.165) is 24.2 Å². The Balaban J connectivity index is 1.75. The Labute approximate surface area is 201 Å². The van der Waals surface area contributed by atoms with Crippen molar-refractivity contribution < 1.29 is 4.74 Å². The predicted molar refractivity (Wildman–Crippen MR) is 133 cm³/mol. The van der Waals surface area contributed by atoms with Gasteiger partial charge in [-0.3, -0.25) is 4.79 Å². The molecule has 2 heterocycles. The number of halogens is 2. The fourth-order valence-electron chi connectivity index (χ4n) is 3.53. The normalized spacial score (nSPS) is 11.2. The number of unbranched alkanes of at least 4 members (excludes halogenated alkanes) is 1. The Kier molecular flexibility index (Phi) is 6.91. The van der Waals surface area contributed by atoms with Crippen LogP contribution >= 0.6 is 23.2 Å². The lowest BCUT2D eigenvalue weighted by Crippen LogP contribution is -2.16. The Morgan fingerprint density at radius 3 is 2.42 bits per heavy atom. The molecule has 2 aromatic carbocycles. The minimum absolute atomic E-state index is 0.271. The number of nitrogens with zero attached hydrogens (tertiary/aromatic N) is 4. The zero-order valence-corrected chi connectivity index (χ0v) is 20.2. The first-order valence-corrected chi connectivity index (χ1v) is 11.5. The van der Waals surface area contributed by atoms with E-state index in [0.29, 0.717) is 51.4 Å². The largest absolute Gasteiger partial charge is 0.494 e. The van der Waals surface area contributed by atoms with Crippen molar-refractivity contribution in [1.29, 1.82) is 0 Å². The molecule has 33 heavy (non-hydrogen) atoms. The average Bonchev–Trinajstić information content (AvgIpc) is 3.15. The first kappa shape index (κ1) is 23.1. The highest BCUT2D eigenvalue weighted by atomic mass is 35.5. The van der Waals surface area contributed by atoms with E-state index >= 15 is 0 Å². The molecular weight excluding hydrogens is 461 g/mol. The quantitative estimate of drug-likeness (QED) is 0.344. The number of aromatic nitrogens is 4. The van der Waals surface area contributed by atoms with Gasteiger partial charge in [-0.1, -0.05) is 54.7 Å². The number of ether oxygens (including phenoxy) is 1. The van der Waals surface area contributed by atoms with Crippen LogP contribution in [0.4, 0.5) is 5.82 Å². The first-order chi connectivity index (χ1) is 15.9. The van der Waals surface area contributed by atoms with Gasteiger partial charge in [0, 0.05) is 20.5 Å². The maximum atomic E-state index is 13.1. The molecule has 0 aliphatic rings. The maximum absolute atomic E-state index is 13.1. The number of benzene rings is 2. The zero-order chi connectivity index (χ0) is 23.5. The van der Waals surface area contributed by atoms with Crippen LogP contribution in [0.25, 0.3) is 16.7 Å². The number of hydrogen-bond acceptors (Lipinski definition) is 5. The van der Waals surface area contributed by atoms with E-state index in [9.17, 15) is 4.79 Å². The van der Waals surface area contributed by atoms with Crippen molar-refractivity contribution in [3.05, 3.63) is 74.3 Å². The maximum Gasteiger partial charge on any atom is 0.264 e. The third kappa shape index (κ3) is 4.84. The Morgan fingerprint density at radius 1 is 1.09 bits per heavy atom. The minimum atomic E-state index is -0.271. The molecule has 4 aromatic rings. The summed E-state index contributed by atoms with van der Waals surface area (Å²) < 4.78 is 7.27. The van der Waals surface area contributed by atoms with Gasteiger partial charge in [-0.05, 0) is 36.2 Å². The van der Waals surface area contributed by atoms with Crippen molar-refractivity contribution in [2.24, 2.45) is 0 Å². The fraction of sp³-hybridized carbons (Fsp3) is 0.292. The minimum Gasteiger partial charge on any atom is -0.494 e. The molecule has 0 bridgehead atoms. The summed E-state index contributed by atoms with van der Waals surface area (Å²) in [4.78, 5) is 22.5. The van der Waals surface area contributed by atoms with Crippen molar-refractivity contribution >= 4 is 40.1 Å². The molecular formula is C24H25Cl2N5O2. The summed E-state index contributed by atoms with van der Waals surface area (Å²) in [6.45, 7) is 2.83. The Hall–Kier alpha value is -3.03. The van der Waals surface area contributed by atoms with E-state index in [1.54, 1.807) is 27.8 Å². The molecule has 0 saturated carbocycles. The van der Waals surface area contributed by atoms with E-state index in [1.165, 1.54) is 0 Å². The van der Waals surface area contributed by atoms with Crippen LogP contribution in [-0.4, -0.2) is 40.5 Å². The molecule has 0 aliphatic heterocycles. The molecule has 0 saturated heterocycles. The first-order valence-electron chi connectivity index (χ1n) is 10.7. The summed E-state index contributed by atoms with van der Waals surface area (Å²) in [5.74, 6) is 1.82.